The highest BCUT2D eigenvalue weighted by Gasteiger charge is 2.40. The third-order valence-corrected chi connectivity index (χ3v) is 5.78. The number of benzene rings is 2. The van der Waals surface area contributed by atoms with Gasteiger partial charge >= 0.3 is 0 Å². The van der Waals surface area contributed by atoms with E-state index in [2.05, 4.69) is 36.9 Å². The molecule has 0 N–H and O–H groups in total. The lowest BCUT2D eigenvalue weighted by Crippen LogP contribution is -2.53. The van der Waals surface area contributed by atoms with E-state index in [0.29, 0.717) is 12.6 Å². The number of methoxy groups -OCH3 is 1. The summed E-state index contributed by atoms with van der Waals surface area (Å²) in [4.78, 5) is 15.0. The Balaban J connectivity index is 1.80. The third-order valence-electron chi connectivity index (χ3n) is 5.78. The fourth-order valence-corrected chi connectivity index (χ4v) is 3.93. The van der Waals surface area contributed by atoms with E-state index < -0.39 is 0 Å². The van der Waals surface area contributed by atoms with Crippen LogP contribution >= 0.6 is 0 Å². The monoisotopic (exact) mass is 337 g/mol. The number of rotatable bonds is 5. The van der Waals surface area contributed by atoms with Gasteiger partial charge in [0.1, 0.15) is 5.75 Å². The zero-order valence-corrected chi connectivity index (χ0v) is 15.4. The molecule has 1 aliphatic heterocycles. The van der Waals surface area contributed by atoms with E-state index in [-0.39, 0.29) is 11.2 Å². The molecule has 0 radical (unpaired) electrons. The third kappa shape index (κ3) is 3.62. The number of hydrogen-bond donors (Lipinski definition) is 0. The molecule has 0 spiro atoms. The molecule has 1 fully saturated rings. The van der Waals surface area contributed by atoms with Gasteiger partial charge in [-0.2, -0.15) is 0 Å². The minimum atomic E-state index is 0.0176. The van der Waals surface area contributed by atoms with Crippen molar-refractivity contribution in [3.8, 4) is 5.75 Å². The summed E-state index contributed by atoms with van der Waals surface area (Å²) in [6.45, 7) is 6.01. The van der Waals surface area contributed by atoms with Crippen LogP contribution in [0.25, 0.3) is 0 Å². The van der Waals surface area contributed by atoms with Crippen LogP contribution in [0.5, 0.6) is 5.75 Å². The maximum atomic E-state index is 12.6. The summed E-state index contributed by atoms with van der Waals surface area (Å²) in [5.41, 5.74) is 2.10. The molecular formula is C22H27NO2. The van der Waals surface area contributed by atoms with Gasteiger partial charge in [0.15, 0.2) is 5.78 Å². The summed E-state index contributed by atoms with van der Waals surface area (Å²) in [6, 6.07) is 18.2. The van der Waals surface area contributed by atoms with Crippen molar-refractivity contribution >= 4 is 5.78 Å². The second-order valence-electron chi connectivity index (χ2n) is 7.19. The van der Waals surface area contributed by atoms with E-state index in [9.17, 15) is 4.79 Å². The largest absolute Gasteiger partial charge is 0.497 e. The van der Waals surface area contributed by atoms with Crippen LogP contribution in [0.15, 0.2) is 54.6 Å². The van der Waals surface area contributed by atoms with Crippen LogP contribution in [0, 0.1) is 0 Å². The maximum absolute atomic E-state index is 12.6. The summed E-state index contributed by atoms with van der Waals surface area (Å²) >= 11 is 0. The van der Waals surface area contributed by atoms with Crippen molar-refractivity contribution in [2.24, 2.45) is 0 Å². The molecule has 2 aromatic carbocycles. The van der Waals surface area contributed by atoms with Gasteiger partial charge in [0, 0.05) is 17.0 Å². The van der Waals surface area contributed by atoms with E-state index in [1.165, 1.54) is 5.56 Å². The zero-order valence-electron chi connectivity index (χ0n) is 15.4. The number of Topliss-reactive ketones (excluding diaryl/α,β-unsaturated/α-hetero) is 1. The van der Waals surface area contributed by atoms with E-state index in [1.54, 1.807) is 7.11 Å². The SMILES string of the molecule is COc1cccc(C2(C)CCCN(CC(=O)c3ccccc3)C2C)c1. The van der Waals surface area contributed by atoms with Crippen molar-refractivity contribution in [2.45, 2.75) is 38.1 Å². The van der Waals surface area contributed by atoms with Crippen molar-refractivity contribution in [1.82, 2.24) is 4.90 Å². The number of carbonyl (C=O) groups excluding carboxylic acids is 1. The molecule has 2 atom stereocenters. The molecule has 0 saturated carbocycles. The molecule has 0 aliphatic carbocycles. The van der Waals surface area contributed by atoms with E-state index in [1.807, 2.05) is 36.4 Å². The number of ketones is 1. The molecule has 3 heteroatoms. The standard InChI is InChI=1S/C22H27NO2/c1-17-22(2,19-11-7-12-20(15-19)25-3)13-8-14-23(17)16-21(24)18-9-5-4-6-10-18/h4-7,9-12,15,17H,8,13-14,16H2,1-3H3. The van der Waals surface area contributed by atoms with Gasteiger partial charge < -0.3 is 4.74 Å². The topological polar surface area (TPSA) is 29.5 Å². The Morgan fingerprint density at radius 2 is 1.96 bits per heavy atom. The van der Waals surface area contributed by atoms with Crippen molar-refractivity contribution in [3.63, 3.8) is 0 Å². The Hall–Kier alpha value is -2.13. The Kier molecular flexibility index (Phi) is 5.24. The number of likely N-dealkylation sites (tertiary alicyclic amines) is 1. The van der Waals surface area contributed by atoms with Crippen molar-refractivity contribution in [3.05, 3.63) is 65.7 Å². The first-order chi connectivity index (χ1) is 12.0. The van der Waals surface area contributed by atoms with Crippen LogP contribution in [-0.2, 0) is 5.41 Å². The molecule has 25 heavy (non-hydrogen) atoms. The van der Waals surface area contributed by atoms with Gasteiger partial charge in [0.2, 0.25) is 0 Å². The molecule has 0 aromatic heterocycles. The second kappa shape index (κ2) is 7.40. The van der Waals surface area contributed by atoms with E-state index in [4.69, 9.17) is 4.74 Å². The molecule has 0 amide bonds. The fraction of sp³-hybridized carbons (Fsp3) is 0.409. The van der Waals surface area contributed by atoms with Gasteiger partial charge in [-0.25, -0.2) is 0 Å². The Labute approximate surface area is 150 Å². The molecule has 2 aromatic rings. The fourth-order valence-electron chi connectivity index (χ4n) is 3.93. The van der Waals surface area contributed by atoms with Crippen LogP contribution in [-0.4, -0.2) is 36.9 Å². The van der Waals surface area contributed by atoms with Gasteiger partial charge in [0.25, 0.3) is 0 Å². The van der Waals surface area contributed by atoms with Crippen molar-refractivity contribution in [1.29, 1.82) is 0 Å². The van der Waals surface area contributed by atoms with Gasteiger partial charge in [-0.05, 0) is 44.0 Å². The predicted molar refractivity (Wildman–Crippen MR) is 101 cm³/mol. The average molecular weight is 337 g/mol. The molecule has 1 saturated heterocycles. The lowest BCUT2D eigenvalue weighted by molar-refractivity contribution is 0.0687. The molecule has 1 aliphatic rings. The normalized spacial score (nSPS) is 24.0. The molecule has 3 nitrogen and oxygen atoms in total. The van der Waals surface area contributed by atoms with Gasteiger partial charge in [-0.1, -0.05) is 49.4 Å². The highest BCUT2D eigenvalue weighted by Crippen LogP contribution is 2.39. The minimum absolute atomic E-state index is 0.0176. The highest BCUT2D eigenvalue weighted by molar-refractivity contribution is 5.97. The van der Waals surface area contributed by atoms with Gasteiger partial charge in [-0.3, -0.25) is 9.69 Å². The number of carbonyl (C=O) groups is 1. The van der Waals surface area contributed by atoms with E-state index >= 15 is 0 Å². The molecule has 132 valence electrons. The lowest BCUT2D eigenvalue weighted by atomic mass is 9.70. The summed E-state index contributed by atoms with van der Waals surface area (Å²) in [7, 11) is 1.70. The Morgan fingerprint density at radius 3 is 2.68 bits per heavy atom. The first-order valence-corrected chi connectivity index (χ1v) is 9.01. The molecule has 2 unspecified atom stereocenters. The first kappa shape index (κ1) is 17.7. The number of nitrogens with zero attached hydrogens (tertiary/aromatic N) is 1. The maximum Gasteiger partial charge on any atom is 0.176 e. The summed E-state index contributed by atoms with van der Waals surface area (Å²) in [5, 5.41) is 0. The van der Waals surface area contributed by atoms with Gasteiger partial charge in [0.05, 0.1) is 13.7 Å². The Bertz CT molecular complexity index is 728. The van der Waals surface area contributed by atoms with Crippen LogP contribution in [0.2, 0.25) is 0 Å². The molecule has 0 bridgehead atoms. The quantitative estimate of drug-likeness (QED) is 0.761. The molecular weight excluding hydrogens is 310 g/mol. The summed E-state index contributed by atoms with van der Waals surface area (Å²) < 4.78 is 5.41. The highest BCUT2D eigenvalue weighted by atomic mass is 16.5. The molecule has 3 rings (SSSR count). The van der Waals surface area contributed by atoms with Crippen LogP contribution in [0.1, 0.15) is 42.6 Å². The predicted octanol–water partition coefficient (Wildman–Crippen LogP) is 4.32. The van der Waals surface area contributed by atoms with Crippen LogP contribution in [0.4, 0.5) is 0 Å². The smallest absolute Gasteiger partial charge is 0.176 e. The number of ether oxygens (including phenoxy) is 1. The lowest BCUT2D eigenvalue weighted by Gasteiger charge is -2.47. The first-order valence-electron chi connectivity index (χ1n) is 9.01. The number of piperidine rings is 1. The summed E-state index contributed by atoms with van der Waals surface area (Å²) in [6.07, 6.45) is 2.22. The van der Waals surface area contributed by atoms with Gasteiger partial charge in [-0.15, -0.1) is 0 Å². The second-order valence-corrected chi connectivity index (χ2v) is 7.19. The van der Waals surface area contributed by atoms with E-state index in [0.717, 1.165) is 30.7 Å². The van der Waals surface area contributed by atoms with Crippen LogP contribution < -0.4 is 4.74 Å². The molecule has 1 heterocycles. The Morgan fingerprint density at radius 1 is 1.20 bits per heavy atom. The van der Waals surface area contributed by atoms with Crippen LogP contribution in [0.3, 0.4) is 0 Å². The van der Waals surface area contributed by atoms with Crippen molar-refractivity contribution in [2.75, 3.05) is 20.2 Å². The number of hydrogen-bond acceptors (Lipinski definition) is 3. The minimum Gasteiger partial charge on any atom is -0.497 e. The van der Waals surface area contributed by atoms with Crippen molar-refractivity contribution < 1.29 is 9.53 Å². The zero-order chi connectivity index (χ0) is 17.9. The summed E-state index contributed by atoms with van der Waals surface area (Å²) in [5.74, 6) is 1.09. The average Bonchev–Trinajstić information content (AvgIpc) is 2.66.